The number of aromatic nitrogens is 3. The first kappa shape index (κ1) is 14.6. The molecule has 0 amide bonds. The van der Waals surface area contributed by atoms with Gasteiger partial charge in [-0.25, -0.2) is 9.97 Å². The summed E-state index contributed by atoms with van der Waals surface area (Å²) in [6.07, 6.45) is 9.18. The fourth-order valence-electron chi connectivity index (χ4n) is 3.57. The van der Waals surface area contributed by atoms with E-state index in [-0.39, 0.29) is 0 Å². The minimum Gasteiger partial charge on any atom is -0.349 e. The lowest BCUT2D eigenvalue weighted by Crippen LogP contribution is -2.39. The topological polar surface area (TPSA) is 45.2 Å². The van der Waals surface area contributed by atoms with Crippen LogP contribution in [-0.2, 0) is 6.54 Å². The standard InChI is InChI=1S/C18H23N5/c1-14-15(3-2-8-20-14)11-22-10-7-17(12-22)23(16-4-5-16)18-6-9-19-13-21-18/h2-3,6,8-9,13,16-17H,4-5,7,10-12H2,1H3. The average Bonchev–Trinajstić information content (AvgIpc) is 3.30. The summed E-state index contributed by atoms with van der Waals surface area (Å²) in [5, 5.41) is 0. The van der Waals surface area contributed by atoms with Gasteiger partial charge >= 0.3 is 0 Å². The Morgan fingerprint density at radius 1 is 1.13 bits per heavy atom. The number of likely N-dealkylation sites (tertiary alicyclic amines) is 1. The van der Waals surface area contributed by atoms with Gasteiger partial charge in [0.2, 0.25) is 0 Å². The molecule has 2 aromatic rings. The van der Waals surface area contributed by atoms with Crippen molar-refractivity contribution in [3.05, 3.63) is 48.2 Å². The third-order valence-electron chi connectivity index (χ3n) is 4.92. The molecule has 23 heavy (non-hydrogen) atoms. The Labute approximate surface area is 137 Å². The molecule has 0 radical (unpaired) electrons. The molecule has 1 unspecified atom stereocenters. The maximum atomic E-state index is 4.49. The highest BCUT2D eigenvalue weighted by atomic mass is 15.3. The van der Waals surface area contributed by atoms with Gasteiger partial charge in [0.15, 0.2) is 0 Å². The minimum absolute atomic E-state index is 0.564. The molecule has 1 aliphatic heterocycles. The first-order chi connectivity index (χ1) is 11.3. The lowest BCUT2D eigenvalue weighted by atomic mass is 10.2. The third-order valence-corrected chi connectivity index (χ3v) is 4.92. The van der Waals surface area contributed by atoms with Crippen LogP contribution in [0.1, 0.15) is 30.5 Å². The van der Waals surface area contributed by atoms with Crippen LogP contribution in [0.5, 0.6) is 0 Å². The molecule has 2 aromatic heterocycles. The zero-order chi connectivity index (χ0) is 15.6. The van der Waals surface area contributed by atoms with E-state index >= 15 is 0 Å². The van der Waals surface area contributed by atoms with Crippen molar-refractivity contribution in [2.45, 2.75) is 44.8 Å². The van der Waals surface area contributed by atoms with Crippen LogP contribution in [-0.4, -0.2) is 45.0 Å². The molecular weight excluding hydrogens is 286 g/mol. The molecule has 0 bridgehead atoms. The first-order valence-corrected chi connectivity index (χ1v) is 8.48. The maximum absolute atomic E-state index is 4.49. The fourth-order valence-corrected chi connectivity index (χ4v) is 3.57. The van der Waals surface area contributed by atoms with E-state index in [9.17, 15) is 0 Å². The van der Waals surface area contributed by atoms with Crippen LogP contribution in [0.3, 0.4) is 0 Å². The summed E-state index contributed by atoms with van der Waals surface area (Å²) < 4.78 is 0. The molecule has 1 saturated heterocycles. The van der Waals surface area contributed by atoms with E-state index in [0.29, 0.717) is 12.1 Å². The summed E-state index contributed by atoms with van der Waals surface area (Å²) >= 11 is 0. The van der Waals surface area contributed by atoms with E-state index in [1.807, 2.05) is 24.5 Å². The predicted molar refractivity (Wildman–Crippen MR) is 90.2 cm³/mol. The minimum atomic E-state index is 0.564. The van der Waals surface area contributed by atoms with Gasteiger partial charge in [0, 0.05) is 49.8 Å². The lowest BCUT2D eigenvalue weighted by Gasteiger charge is -2.30. The molecule has 2 fully saturated rings. The van der Waals surface area contributed by atoms with E-state index in [1.165, 1.54) is 24.8 Å². The molecule has 1 aliphatic carbocycles. The van der Waals surface area contributed by atoms with Gasteiger partial charge in [-0.2, -0.15) is 0 Å². The lowest BCUT2D eigenvalue weighted by molar-refractivity contribution is 0.323. The van der Waals surface area contributed by atoms with Crippen molar-refractivity contribution in [3.63, 3.8) is 0 Å². The molecule has 2 aliphatic rings. The third kappa shape index (κ3) is 3.20. The Kier molecular flexibility index (Phi) is 3.95. The van der Waals surface area contributed by atoms with Crippen LogP contribution >= 0.6 is 0 Å². The van der Waals surface area contributed by atoms with Crippen molar-refractivity contribution in [1.29, 1.82) is 0 Å². The second kappa shape index (κ2) is 6.24. The molecule has 120 valence electrons. The van der Waals surface area contributed by atoms with Crippen LogP contribution in [0.15, 0.2) is 36.9 Å². The highest BCUT2D eigenvalue weighted by Crippen LogP contribution is 2.34. The van der Waals surface area contributed by atoms with Gasteiger partial charge in [0.25, 0.3) is 0 Å². The van der Waals surface area contributed by atoms with Crippen molar-refractivity contribution in [3.8, 4) is 0 Å². The van der Waals surface area contributed by atoms with Gasteiger partial charge in [-0.1, -0.05) is 6.07 Å². The van der Waals surface area contributed by atoms with E-state index in [0.717, 1.165) is 31.1 Å². The SMILES string of the molecule is Cc1ncccc1CN1CCC(N(c2ccncn2)C2CC2)C1. The largest absolute Gasteiger partial charge is 0.349 e. The summed E-state index contributed by atoms with van der Waals surface area (Å²) in [4.78, 5) is 18.0. The zero-order valence-electron chi connectivity index (χ0n) is 13.6. The molecule has 5 nitrogen and oxygen atoms in total. The number of nitrogens with zero attached hydrogens (tertiary/aromatic N) is 5. The highest BCUT2D eigenvalue weighted by molar-refractivity contribution is 5.42. The van der Waals surface area contributed by atoms with Crippen molar-refractivity contribution >= 4 is 5.82 Å². The quantitative estimate of drug-likeness (QED) is 0.849. The van der Waals surface area contributed by atoms with Gasteiger partial charge < -0.3 is 4.90 Å². The Balaban J connectivity index is 1.46. The van der Waals surface area contributed by atoms with Crippen molar-refractivity contribution in [2.24, 2.45) is 0 Å². The van der Waals surface area contributed by atoms with Crippen LogP contribution < -0.4 is 4.90 Å². The summed E-state index contributed by atoms with van der Waals surface area (Å²) in [6, 6.07) is 7.52. The second-order valence-corrected chi connectivity index (χ2v) is 6.63. The van der Waals surface area contributed by atoms with Gasteiger partial charge in [0.05, 0.1) is 0 Å². The van der Waals surface area contributed by atoms with Gasteiger partial charge in [-0.3, -0.25) is 9.88 Å². The molecule has 0 aromatic carbocycles. The van der Waals surface area contributed by atoms with Gasteiger partial charge in [-0.05, 0) is 43.9 Å². The summed E-state index contributed by atoms with van der Waals surface area (Å²) in [7, 11) is 0. The second-order valence-electron chi connectivity index (χ2n) is 6.63. The summed E-state index contributed by atoms with van der Waals surface area (Å²) in [5.74, 6) is 1.09. The summed E-state index contributed by atoms with van der Waals surface area (Å²) in [5.41, 5.74) is 2.49. The van der Waals surface area contributed by atoms with Crippen LogP contribution in [0.2, 0.25) is 0 Å². The molecule has 1 saturated carbocycles. The fraction of sp³-hybridized carbons (Fsp3) is 0.500. The van der Waals surface area contributed by atoms with Crippen LogP contribution in [0.4, 0.5) is 5.82 Å². The number of rotatable bonds is 5. The zero-order valence-corrected chi connectivity index (χ0v) is 13.6. The van der Waals surface area contributed by atoms with Crippen molar-refractivity contribution < 1.29 is 0 Å². The maximum Gasteiger partial charge on any atom is 0.132 e. The Bertz CT molecular complexity index is 655. The molecule has 3 heterocycles. The smallest absolute Gasteiger partial charge is 0.132 e. The van der Waals surface area contributed by atoms with Crippen LogP contribution in [0, 0.1) is 6.92 Å². The molecule has 4 rings (SSSR count). The highest BCUT2D eigenvalue weighted by Gasteiger charge is 2.37. The molecule has 0 N–H and O–H groups in total. The number of aryl methyl sites for hydroxylation is 1. The van der Waals surface area contributed by atoms with E-state index in [1.54, 1.807) is 6.33 Å². The van der Waals surface area contributed by atoms with Gasteiger partial charge in [0.1, 0.15) is 12.1 Å². The number of hydrogen-bond donors (Lipinski definition) is 0. The molecular formula is C18H23N5. The number of anilines is 1. The monoisotopic (exact) mass is 309 g/mol. The van der Waals surface area contributed by atoms with Crippen molar-refractivity contribution in [1.82, 2.24) is 19.9 Å². The Morgan fingerprint density at radius 2 is 2.04 bits per heavy atom. The summed E-state index contributed by atoms with van der Waals surface area (Å²) in [6.45, 7) is 5.35. The Hall–Kier alpha value is -2.01. The van der Waals surface area contributed by atoms with Crippen LogP contribution in [0.25, 0.3) is 0 Å². The Morgan fingerprint density at radius 3 is 2.78 bits per heavy atom. The van der Waals surface area contributed by atoms with Gasteiger partial charge in [-0.15, -0.1) is 0 Å². The molecule has 1 atom stereocenters. The van der Waals surface area contributed by atoms with E-state index in [2.05, 4.69) is 37.7 Å². The average molecular weight is 309 g/mol. The number of pyridine rings is 1. The predicted octanol–water partition coefficient (Wildman–Crippen LogP) is 2.42. The van der Waals surface area contributed by atoms with Crippen molar-refractivity contribution in [2.75, 3.05) is 18.0 Å². The first-order valence-electron chi connectivity index (χ1n) is 8.48. The number of hydrogen-bond acceptors (Lipinski definition) is 5. The van der Waals surface area contributed by atoms with E-state index < -0.39 is 0 Å². The molecule has 5 heteroatoms. The van der Waals surface area contributed by atoms with E-state index in [4.69, 9.17) is 0 Å². The normalized spacial score (nSPS) is 21.5. The molecule has 0 spiro atoms.